The number of aryl methyl sites for hydroxylation is 1. The van der Waals surface area contributed by atoms with Gasteiger partial charge in [0, 0.05) is 18.3 Å². The van der Waals surface area contributed by atoms with Gasteiger partial charge in [0.25, 0.3) is 5.91 Å². The Kier molecular flexibility index (Phi) is 4.05. The van der Waals surface area contributed by atoms with E-state index in [1.54, 1.807) is 6.20 Å². The molecule has 1 heterocycles. The largest absolute Gasteiger partial charge is 0.349 e. The highest BCUT2D eigenvalue weighted by atomic mass is 16.1. The zero-order valence-electron chi connectivity index (χ0n) is 13.4. The van der Waals surface area contributed by atoms with Crippen molar-refractivity contribution in [1.82, 2.24) is 15.1 Å². The lowest BCUT2D eigenvalue weighted by atomic mass is 9.84. The Bertz CT molecular complexity index is 522. The van der Waals surface area contributed by atoms with Gasteiger partial charge in [-0.2, -0.15) is 5.10 Å². The molecule has 0 spiro atoms. The molecule has 1 amide bonds. The standard InChI is InChI=1S/C17H27N3O/c1-4-7-20-12(3)16(10-18-20)17(21)19-11(2)15-9-13-5-6-14(15)8-13/h10-11,13-15H,4-9H2,1-3H3,(H,19,21)/t11-,13-,14-,15+/m0/s1. The predicted molar refractivity (Wildman–Crippen MR) is 83.1 cm³/mol. The molecule has 4 nitrogen and oxygen atoms in total. The quantitative estimate of drug-likeness (QED) is 0.905. The van der Waals surface area contributed by atoms with Crippen molar-refractivity contribution in [2.24, 2.45) is 17.8 Å². The summed E-state index contributed by atoms with van der Waals surface area (Å²) in [7, 11) is 0. The summed E-state index contributed by atoms with van der Waals surface area (Å²) in [5.41, 5.74) is 1.72. The molecule has 2 saturated carbocycles. The van der Waals surface area contributed by atoms with E-state index in [9.17, 15) is 4.79 Å². The van der Waals surface area contributed by atoms with Crippen LogP contribution in [0.2, 0.25) is 0 Å². The molecule has 4 atom stereocenters. The van der Waals surface area contributed by atoms with Crippen LogP contribution in [0.4, 0.5) is 0 Å². The van der Waals surface area contributed by atoms with E-state index in [1.807, 2.05) is 11.6 Å². The molecule has 1 N–H and O–H groups in total. The van der Waals surface area contributed by atoms with E-state index >= 15 is 0 Å². The molecule has 21 heavy (non-hydrogen) atoms. The van der Waals surface area contributed by atoms with Crippen molar-refractivity contribution in [1.29, 1.82) is 0 Å². The number of carbonyl (C=O) groups excluding carboxylic acids is 1. The van der Waals surface area contributed by atoms with E-state index < -0.39 is 0 Å². The van der Waals surface area contributed by atoms with Gasteiger partial charge in [-0.05, 0) is 57.3 Å². The molecule has 0 radical (unpaired) electrons. The second kappa shape index (κ2) is 5.82. The Labute approximate surface area is 127 Å². The highest BCUT2D eigenvalue weighted by Gasteiger charge is 2.42. The van der Waals surface area contributed by atoms with Gasteiger partial charge in [0.15, 0.2) is 0 Å². The first-order valence-corrected chi connectivity index (χ1v) is 8.43. The van der Waals surface area contributed by atoms with E-state index in [-0.39, 0.29) is 11.9 Å². The number of nitrogens with zero attached hydrogens (tertiary/aromatic N) is 2. The van der Waals surface area contributed by atoms with Crippen LogP contribution in [0.15, 0.2) is 6.20 Å². The smallest absolute Gasteiger partial charge is 0.254 e. The van der Waals surface area contributed by atoms with Crippen LogP contribution in [-0.2, 0) is 6.54 Å². The Morgan fingerprint density at radius 2 is 2.29 bits per heavy atom. The van der Waals surface area contributed by atoms with Gasteiger partial charge < -0.3 is 5.32 Å². The van der Waals surface area contributed by atoms with Crippen molar-refractivity contribution in [3.05, 3.63) is 17.5 Å². The lowest BCUT2D eigenvalue weighted by molar-refractivity contribution is 0.0914. The van der Waals surface area contributed by atoms with E-state index in [0.29, 0.717) is 5.92 Å². The van der Waals surface area contributed by atoms with E-state index in [2.05, 4.69) is 24.3 Å². The SMILES string of the molecule is CCCn1ncc(C(=O)N[C@@H](C)[C@H]2C[C@H]3CC[C@H]2C3)c1C. The summed E-state index contributed by atoms with van der Waals surface area (Å²) in [6.45, 7) is 7.16. The Hall–Kier alpha value is -1.32. The third-order valence-corrected chi connectivity index (χ3v) is 5.58. The molecule has 0 unspecified atom stereocenters. The Morgan fingerprint density at radius 3 is 2.90 bits per heavy atom. The summed E-state index contributed by atoms with van der Waals surface area (Å²) in [6, 6.07) is 0.279. The summed E-state index contributed by atoms with van der Waals surface area (Å²) in [4.78, 5) is 12.5. The van der Waals surface area contributed by atoms with E-state index in [4.69, 9.17) is 0 Å². The van der Waals surface area contributed by atoms with Crippen LogP contribution in [0.25, 0.3) is 0 Å². The molecule has 1 aromatic rings. The van der Waals surface area contributed by atoms with Crippen LogP contribution in [0.5, 0.6) is 0 Å². The van der Waals surface area contributed by atoms with Crippen molar-refractivity contribution in [3.8, 4) is 0 Å². The number of hydrogen-bond donors (Lipinski definition) is 1. The monoisotopic (exact) mass is 289 g/mol. The summed E-state index contributed by atoms with van der Waals surface area (Å²) < 4.78 is 1.93. The van der Waals surface area contributed by atoms with Gasteiger partial charge >= 0.3 is 0 Å². The lowest BCUT2D eigenvalue weighted by Crippen LogP contribution is -2.40. The molecule has 4 heteroatoms. The zero-order chi connectivity index (χ0) is 15.0. The Balaban J connectivity index is 1.63. The molecule has 0 aliphatic heterocycles. The average Bonchev–Trinajstić information content (AvgIpc) is 3.15. The van der Waals surface area contributed by atoms with Crippen molar-refractivity contribution in [2.75, 3.05) is 0 Å². The minimum atomic E-state index is 0.0464. The molecule has 0 aromatic carbocycles. The highest BCUT2D eigenvalue weighted by molar-refractivity contribution is 5.95. The second-order valence-electron chi connectivity index (χ2n) is 6.97. The minimum Gasteiger partial charge on any atom is -0.349 e. The number of carbonyl (C=O) groups is 1. The molecule has 3 rings (SSSR count). The summed E-state index contributed by atoms with van der Waals surface area (Å²) in [5, 5.41) is 7.55. The number of rotatable bonds is 5. The molecule has 0 saturated heterocycles. The Morgan fingerprint density at radius 1 is 1.48 bits per heavy atom. The topological polar surface area (TPSA) is 46.9 Å². The van der Waals surface area contributed by atoms with Gasteiger partial charge in [0.2, 0.25) is 0 Å². The summed E-state index contributed by atoms with van der Waals surface area (Å²) >= 11 is 0. The predicted octanol–water partition coefficient (Wildman–Crippen LogP) is 3.16. The fourth-order valence-electron chi connectivity index (χ4n) is 4.40. The van der Waals surface area contributed by atoms with Gasteiger partial charge in [0.1, 0.15) is 0 Å². The second-order valence-corrected chi connectivity index (χ2v) is 6.97. The van der Waals surface area contributed by atoms with Crippen molar-refractivity contribution in [3.63, 3.8) is 0 Å². The van der Waals surface area contributed by atoms with Crippen LogP contribution in [0.1, 0.15) is 62.0 Å². The number of fused-ring (bicyclic) bond motifs is 2. The van der Waals surface area contributed by atoms with Gasteiger partial charge in [-0.3, -0.25) is 9.48 Å². The molecular weight excluding hydrogens is 262 g/mol. The van der Waals surface area contributed by atoms with Gasteiger partial charge in [-0.1, -0.05) is 13.3 Å². The first-order valence-electron chi connectivity index (χ1n) is 8.43. The maximum atomic E-state index is 12.5. The molecule has 2 aliphatic rings. The van der Waals surface area contributed by atoms with Crippen molar-refractivity contribution in [2.45, 2.75) is 65.5 Å². The van der Waals surface area contributed by atoms with Crippen LogP contribution < -0.4 is 5.32 Å². The number of amides is 1. The van der Waals surface area contributed by atoms with Crippen LogP contribution in [-0.4, -0.2) is 21.7 Å². The minimum absolute atomic E-state index is 0.0464. The molecule has 2 bridgehead atoms. The fraction of sp³-hybridized carbons (Fsp3) is 0.765. The molecule has 1 aromatic heterocycles. The normalized spacial score (nSPS) is 28.8. The molecule has 2 aliphatic carbocycles. The molecular formula is C17H27N3O. The number of aromatic nitrogens is 2. The maximum Gasteiger partial charge on any atom is 0.254 e. The van der Waals surface area contributed by atoms with Gasteiger partial charge in [-0.15, -0.1) is 0 Å². The first-order chi connectivity index (χ1) is 10.1. The molecule has 116 valence electrons. The van der Waals surface area contributed by atoms with Gasteiger partial charge in [0.05, 0.1) is 11.8 Å². The van der Waals surface area contributed by atoms with Crippen LogP contribution in [0, 0.1) is 24.7 Å². The zero-order valence-corrected chi connectivity index (χ0v) is 13.4. The lowest BCUT2D eigenvalue weighted by Gasteiger charge is -2.28. The number of hydrogen-bond acceptors (Lipinski definition) is 2. The third-order valence-electron chi connectivity index (χ3n) is 5.58. The van der Waals surface area contributed by atoms with Crippen LogP contribution in [0.3, 0.4) is 0 Å². The van der Waals surface area contributed by atoms with Crippen molar-refractivity contribution < 1.29 is 4.79 Å². The van der Waals surface area contributed by atoms with Crippen molar-refractivity contribution >= 4 is 5.91 Å². The first kappa shape index (κ1) is 14.6. The third kappa shape index (κ3) is 2.72. The van der Waals surface area contributed by atoms with E-state index in [0.717, 1.165) is 36.1 Å². The van der Waals surface area contributed by atoms with E-state index in [1.165, 1.54) is 25.7 Å². The number of nitrogens with one attached hydrogen (secondary N) is 1. The highest BCUT2D eigenvalue weighted by Crippen LogP contribution is 2.49. The van der Waals surface area contributed by atoms with Gasteiger partial charge in [-0.25, -0.2) is 0 Å². The average molecular weight is 289 g/mol. The summed E-state index contributed by atoms with van der Waals surface area (Å²) in [5.74, 6) is 2.49. The molecule has 2 fully saturated rings. The fourth-order valence-corrected chi connectivity index (χ4v) is 4.40. The maximum absolute atomic E-state index is 12.5. The van der Waals surface area contributed by atoms with Crippen LogP contribution >= 0.6 is 0 Å². The summed E-state index contributed by atoms with van der Waals surface area (Å²) in [6.07, 6.45) is 8.21.